The molecular formula is C13H21NO2. The summed E-state index contributed by atoms with van der Waals surface area (Å²) in [6, 6.07) is 8.18. The molecule has 1 aromatic rings. The van der Waals surface area contributed by atoms with Gasteiger partial charge in [0.05, 0.1) is 13.2 Å². The highest BCUT2D eigenvalue weighted by Crippen LogP contribution is 2.13. The third-order valence-corrected chi connectivity index (χ3v) is 2.90. The second-order valence-electron chi connectivity index (χ2n) is 3.99. The summed E-state index contributed by atoms with van der Waals surface area (Å²) in [6.07, 6.45) is 2.01. The van der Waals surface area contributed by atoms with Crippen molar-refractivity contribution in [2.24, 2.45) is 5.73 Å². The molecule has 0 fully saturated rings. The van der Waals surface area contributed by atoms with Gasteiger partial charge in [-0.1, -0.05) is 12.1 Å². The Morgan fingerprint density at radius 3 is 2.31 bits per heavy atom. The molecule has 0 saturated carbocycles. The van der Waals surface area contributed by atoms with Gasteiger partial charge >= 0.3 is 0 Å². The van der Waals surface area contributed by atoms with E-state index in [1.807, 2.05) is 19.1 Å². The largest absolute Gasteiger partial charge is 0.497 e. The second-order valence-corrected chi connectivity index (χ2v) is 3.99. The molecule has 2 atom stereocenters. The Morgan fingerprint density at radius 2 is 1.81 bits per heavy atom. The minimum absolute atomic E-state index is 0.0899. The van der Waals surface area contributed by atoms with Crippen molar-refractivity contribution in [2.45, 2.75) is 31.9 Å². The summed E-state index contributed by atoms with van der Waals surface area (Å²) < 4.78 is 10.3. The van der Waals surface area contributed by atoms with Crippen LogP contribution in [0.4, 0.5) is 0 Å². The lowest BCUT2D eigenvalue weighted by Crippen LogP contribution is -2.34. The van der Waals surface area contributed by atoms with E-state index in [9.17, 15) is 0 Å². The van der Waals surface area contributed by atoms with Gasteiger partial charge in [0.15, 0.2) is 0 Å². The standard InChI is InChI=1S/C13H21NO2/c1-10(15-2)13(14)9-6-11-4-7-12(16-3)8-5-11/h4-5,7-8,10,13H,6,9,14H2,1-3H3. The number of aryl methyl sites for hydroxylation is 1. The molecule has 2 N–H and O–H groups in total. The van der Waals surface area contributed by atoms with E-state index < -0.39 is 0 Å². The van der Waals surface area contributed by atoms with Gasteiger partial charge < -0.3 is 15.2 Å². The molecule has 0 saturated heterocycles. The van der Waals surface area contributed by atoms with Gasteiger partial charge in [0.2, 0.25) is 0 Å². The lowest BCUT2D eigenvalue weighted by Gasteiger charge is -2.18. The van der Waals surface area contributed by atoms with Crippen LogP contribution < -0.4 is 10.5 Å². The minimum atomic E-state index is 0.0899. The van der Waals surface area contributed by atoms with Crippen LogP contribution in [0.15, 0.2) is 24.3 Å². The van der Waals surface area contributed by atoms with Crippen LogP contribution in [0.5, 0.6) is 5.75 Å². The molecule has 3 heteroatoms. The average molecular weight is 223 g/mol. The van der Waals surface area contributed by atoms with Crippen molar-refractivity contribution in [3.63, 3.8) is 0 Å². The molecule has 0 amide bonds. The number of ether oxygens (including phenoxy) is 2. The summed E-state index contributed by atoms with van der Waals surface area (Å²) >= 11 is 0. The van der Waals surface area contributed by atoms with Crippen molar-refractivity contribution in [2.75, 3.05) is 14.2 Å². The van der Waals surface area contributed by atoms with Crippen LogP contribution in [0.3, 0.4) is 0 Å². The van der Waals surface area contributed by atoms with Crippen molar-refractivity contribution >= 4 is 0 Å². The molecular weight excluding hydrogens is 202 g/mol. The molecule has 1 aromatic carbocycles. The number of nitrogens with two attached hydrogens (primary N) is 1. The van der Waals surface area contributed by atoms with E-state index in [0.29, 0.717) is 0 Å². The van der Waals surface area contributed by atoms with Crippen molar-refractivity contribution < 1.29 is 9.47 Å². The molecule has 0 radical (unpaired) electrons. The highest BCUT2D eigenvalue weighted by atomic mass is 16.5. The first-order valence-corrected chi connectivity index (χ1v) is 5.58. The number of hydrogen-bond donors (Lipinski definition) is 1. The van der Waals surface area contributed by atoms with E-state index in [0.717, 1.165) is 18.6 Å². The van der Waals surface area contributed by atoms with Gasteiger partial charge in [0, 0.05) is 13.2 Å². The maximum Gasteiger partial charge on any atom is 0.118 e. The van der Waals surface area contributed by atoms with E-state index in [1.165, 1.54) is 5.56 Å². The predicted octanol–water partition coefficient (Wildman–Crippen LogP) is 1.99. The van der Waals surface area contributed by atoms with Crippen LogP contribution >= 0.6 is 0 Å². The maximum atomic E-state index is 5.98. The topological polar surface area (TPSA) is 44.5 Å². The van der Waals surface area contributed by atoms with E-state index >= 15 is 0 Å². The SMILES string of the molecule is COc1ccc(CCC(N)C(C)OC)cc1. The normalized spacial score (nSPS) is 14.5. The lowest BCUT2D eigenvalue weighted by molar-refractivity contribution is 0.0930. The zero-order chi connectivity index (χ0) is 12.0. The minimum Gasteiger partial charge on any atom is -0.497 e. The summed E-state index contributed by atoms with van der Waals surface area (Å²) in [6.45, 7) is 2.00. The first kappa shape index (κ1) is 13.0. The van der Waals surface area contributed by atoms with E-state index in [2.05, 4.69) is 12.1 Å². The first-order valence-electron chi connectivity index (χ1n) is 5.58. The fourth-order valence-electron chi connectivity index (χ4n) is 1.54. The number of methoxy groups -OCH3 is 2. The molecule has 1 rings (SSSR count). The van der Waals surface area contributed by atoms with Gasteiger partial charge in [-0.25, -0.2) is 0 Å². The van der Waals surface area contributed by atoms with Gasteiger partial charge in [-0.3, -0.25) is 0 Å². The fraction of sp³-hybridized carbons (Fsp3) is 0.538. The number of rotatable bonds is 6. The third kappa shape index (κ3) is 3.83. The van der Waals surface area contributed by atoms with Gasteiger partial charge in [-0.2, -0.15) is 0 Å². The summed E-state index contributed by atoms with van der Waals surface area (Å²) in [7, 11) is 3.36. The van der Waals surface area contributed by atoms with Crippen LogP contribution in [0.1, 0.15) is 18.9 Å². The summed E-state index contributed by atoms with van der Waals surface area (Å²) in [5.74, 6) is 0.887. The van der Waals surface area contributed by atoms with Crippen LogP contribution in [0.2, 0.25) is 0 Å². The summed E-state index contributed by atoms with van der Waals surface area (Å²) in [5.41, 5.74) is 7.26. The highest BCUT2D eigenvalue weighted by Gasteiger charge is 2.11. The Morgan fingerprint density at radius 1 is 1.19 bits per heavy atom. The predicted molar refractivity (Wildman–Crippen MR) is 65.8 cm³/mol. The van der Waals surface area contributed by atoms with Crippen LogP contribution in [0, 0.1) is 0 Å². The molecule has 0 bridgehead atoms. The molecule has 16 heavy (non-hydrogen) atoms. The Bertz CT molecular complexity index is 297. The molecule has 0 spiro atoms. The monoisotopic (exact) mass is 223 g/mol. The van der Waals surface area contributed by atoms with Gasteiger partial charge in [0.1, 0.15) is 5.75 Å². The van der Waals surface area contributed by atoms with Crippen molar-refractivity contribution in [3.8, 4) is 5.75 Å². The van der Waals surface area contributed by atoms with Crippen LogP contribution in [0.25, 0.3) is 0 Å². The molecule has 90 valence electrons. The molecule has 3 nitrogen and oxygen atoms in total. The van der Waals surface area contributed by atoms with Crippen molar-refractivity contribution in [3.05, 3.63) is 29.8 Å². The molecule has 2 unspecified atom stereocenters. The Hall–Kier alpha value is -1.06. The number of hydrogen-bond acceptors (Lipinski definition) is 3. The Labute approximate surface area is 97.6 Å². The third-order valence-electron chi connectivity index (χ3n) is 2.90. The molecule has 0 heterocycles. The van der Waals surface area contributed by atoms with E-state index in [1.54, 1.807) is 14.2 Å². The van der Waals surface area contributed by atoms with Gasteiger partial charge in [-0.05, 0) is 37.5 Å². The first-order chi connectivity index (χ1) is 7.67. The molecule has 0 aliphatic rings. The zero-order valence-corrected chi connectivity index (χ0v) is 10.3. The fourth-order valence-corrected chi connectivity index (χ4v) is 1.54. The van der Waals surface area contributed by atoms with E-state index in [-0.39, 0.29) is 12.1 Å². The molecule has 0 aliphatic carbocycles. The van der Waals surface area contributed by atoms with Crippen molar-refractivity contribution in [1.29, 1.82) is 0 Å². The second kappa shape index (κ2) is 6.51. The summed E-state index contributed by atoms with van der Waals surface area (Å²) in [5, 5.41) is 0. The van der Waals surface area contributed by atoms with Crippen LogP contribution in [-0.2, 0) is 11.2 Å². The van der Waals surface area contributed by atoms with Gasteiger partial charge in [0.25, 0.3) is 0 Å². The quantitative estimate of drug-likeness (QED) is 0.802. The van der Waals surface area contributed by atoms with Crippen molar-refractivity contribution in [1.82, 2.24) is 0 Å². The zero-order valence-electron chi connectivity index (χ0n) is 10.3. The Balaban J connectivity index is 2.42. The highest BCUT2D eigenvalue weighted by molar-refractivity contribution is 5.27. The van der Waals surface area contributed by atoms with Gasteiger partial charge in [-0.15, -0.1) is 0 Å². The maximum absolute atomic E-state index is 5.98. The van der Waals surface area contributed by atoms with Crippen LogP contribution in [-0.4, -0.2) is 26.4 Å². The smallest absolute Gasteiger partial charge is 0.118 e. The molecule has 0 aliphatic heterocycles. The number of benzene rings is 1. The lowest BCUT2D eigenvalue weighted by atomic mass is 10.0. The molecule has 0 aromatic heterocycles. The van der Waals surface area contributed by atoms with E-state index in [4.69, 9.17) is 15.2 Å². The average Bonchev–Trinajstić information content (AvgIpc) is 2.35. The summed E-state index contributed by atoms with van der Waals surface area (Å²) in [4.78, 5) is 0. The Kier molecular flexibility index (Phi) is 5.29.